The van der Waals surface area contributed by atoms with Crippen LogP contribution in [0, 0.1) is 10.1 Å². The van der Waals surface area contributed by atoms with Crippen LogP contribution in [0.25, 0.3) is 0 Å². The number of hydrogen-bond donors (Lipinski definition) is 1. The monoisotopic (exact) mass is 265 g/mol. The normalized spacial score (nSPS) is 19.3. The van der Waals surface area contributed by atoms with Crippen LogP contribution in [0.1, 0.15) is 12.8 Å². The van der Waals surface area contributed by atoms with Gasteiger partial charge >= 0.3 is 0 Å². The predicted molar refractivity (Wildman–Crippen MR) is 73.9 cm³/mol. The summed E-state index contributed by atoms with van der Waals surface area (Å²) in [6.45, 7) is 1.62. The highest BCUT2D eigenvalue weighted by molar-refractivity contribution is 5.66. The summed E-state index contributed by atoms with van der Waals surface area (Å²) in [5.41, 5.74) is 0.779. The van der Waals surface area contributed by atoms with Gasteiger partial charge in [-0.2, -0.15) is 0 Å². The van der Waals surface area contributed by atoms with Crippen molar-refractivity contribution in [2.45, 2.75) is 18.9 Å². The third kappa shape index (κ3) is 2.96. The van der Waals surface area contributed by atoms with Crippen LogP contribution in [0.4, 0.5) is 11.4 Å². The van der Waals surface area contributed by atoms with Crippen molar-refractivity contribution in [1.82, 2.24) is 5.32 Å². The summed E-state index contributed by atoms with van der Waals surface area (Å²) in [5, 5.41) is 14.4. The second-order valence-electron chi connectivity index (χ2n) is 4.69. The zero-order valence-corrected chi connectivity index (χ0v) is 11.3. The van der Waals surface area contributed by atoms with Gasteiger partial charge in [-0.05, 0) is 26.0 Å². The first-order valence-electron chi connectivity index (χ1n) is 6.40. The van der Waals surface area contributed by atoms with E-state index < -0.39 is 0 Å². The molecule has 0 amide bonds. The molecule has 1 aliphatic heterocycles. The number of likely N-dealkylation sites (N-methyl/N-ethyl adjacent to an activating group) is 1. The van der Waals surface area contributed by atoms with E-state index >= 15 is 0 Å². The predicted octanol–water partition coefficient (Wildman–Crippen LogP) is 1.79. The molecular weight excluding hydrogens is 246 g/mol. The lowest BCUT2D eigenvalue weighted by atomic mass is 10.0. The minimum Gasteiger partial charge on any atom is -0.497 e. The van der Waals surface area contributed by atoms with Gasteiger partial charge in [-0.1, -0.05) is 0 Å². The second kappa shape index (κ2) is 5.88. The van der Waals surface area contributed by atoms with Gasteiger partial charge in [-0.25, -0.2) is 0 Å². The van der Waals surface area contributed by atoms with Crippen LogP contribution in [0.3, 0.4) is 0 Å². The number of ether oxygens (including phenoxy) is 1. The van der Waals surface area contributed by atoms with E-state index in [0.29, 0.717) is 17.5 Å². The smallest absolute Gasteiger partial charge is 0.292 e. The van der Waals surface area contributed by atoms with Gasteiger partial charge in [-0.3, -0.25) is 10.1 Å². The summed E-state index contributed by atoms with van der Waals surface area (Å²) < 4.78 is 5.17. The Balaban J connectivity index is 2.32. The van der Waals surface area contributed by atoms with E-state index in [1.807, 2.05) is 7.05 Å². The van der Waals surface area contributed by atoms with Crippen molar-refractivity contribution in [2.75, 3.05) is 32.1 Å². The van der Waals surface area contributed by atoms with Crippen LogP contribution in [0.15, 0.2) is 18.2 Å². The molecule has 2 rings (SSSR count). The van der Waals surface area contributed by atoms with Gasteiger partial charge in [-0.15, -0.1) is 0 Å². The van der Waals surface area contributed by atoms with E-state index in [1.54, 1.807) is 19.2 Å². The number of benzene rings is 1. The molecule has 1 aromatic carbocycles. The third-order valence-electron chi connectivity index (χ3n) is 3.55. The molecule has 0 aromatic heterocycles. The summed E-state index contributed by atoms with van der Waals surface area (Å²) >= 11 is 0. The Morgan fingerprint density at radius 2 is 2.32 bits per heavy atom. The number of methoxy groups -OCH3 is 1. The average Bonchev–Trinajstić information content (AvgIpc) is 2.46. The maximum absolute atomic E-state index is 11.1. The molecule has 0 saturated carbocycles. The average molecular weight is 265 g/mol. The topological polar surface area (TPSA) is 67.6 Å². The molecule has 1 aliphatic rings. The molecule has 1 aromatic rings. The zero-order chi connectivity index (χ0) is 13.8. The summed E-state index contributed by atoms with van der Waals surface area (Å²) in [7, 11) is 3.49. The SMILES string of the molecule is CNC1CCCN(c2cc(OC)ccc2[N+](=O)[O-])C1. The molecule has 6 nitrogen and oxygen atoms in total. The van der Waals surface area contributed by atoms with Gasteiger partial charge < -0.3 is 15.0 Å². The number of piperidine rings is 1. The molecule has 0 bridgehead atoms. The number of anilines is 1. The fourth-order valence-electron chi connectivity index (χ4n) is 2.47. The first kappa shape index (κ1) is 13.6. The lowest BCUT2D eigenvalue weighted by Crippen LogP contribution is -2.44. The van der Waals surface area contributed by atoms with Crippen molar-refractivity contribution in [3.8, 4) is 5.75 Å². The Hall–Kier alpha value is -1.82. The lowest BCUT2D eigenvalue weighted by molar-refractivity contribution is -0.384. The van der Waals surface area contributed by atoms with Crippen LogP contribution < -0.4 is 15.0 Å². The molecule has 0 spiro atoms. The Morgan fingerprint density at radius 3 is 2.95 bits per heavy atom. The van der Waals surface area contributed by atoms with E-state index in [2.05, 4.69) is 10.2 Å². The largest absolute Gasteiger partial charge is 0.497 e. The van der Waals surface area contributed by atoms with E-state index in [0.717, 1.165) is 25.9 Å². The lowest BCUT2D eigenvalue weighted by Gasteiger charge is -2.34. The Kier molecular flexibility index (Phi) is 4.21. The van der Waals surface area contributed by atoms with Crippen molar-refractivity contribution in [1.29, 1.82) is 0 Å². The number of rotatable bonds is 4. The zero-order valence-electron chi connectivity index (χ0n) is 11.3. The van der Waals surface area contributed by atoms with E-state index in [-0.39, 0.29) is 10.6 Å². The minimum absolute atomic E-state index is 0.137. The maximum Gasteiger partial charge on any atom is 0.292 e. The van der Waals surface area contributed by atoms with Gasteiger partial charge in [0, 0.05) is 31.3 Å². The van der Waals surface area contributed by atoms with Crippen LogP contribution in [0.5, 0.6) is 5.75 Å². The molecule has 104 valence electrons. The third-order valence-corrected chi connectivity index (χ3v) is 3.55. The van der Waals surface area contributed by atoms with E-state index in [4.69, 9.17) is 4.74 Å². The van der Waals surface area contributed by atoms with Gasteiger partial charge in [0.25, 0.3) is 5.69 Å². The Morgan fingerprint density at radius 1 is 1.53 bits per heavy atom. The first-order valence-corrected chi connectivity index (χ1v) is 6.40. The fourth-order valence-corrected chi connectivity index (χ4v) is 2.47. The molecule has 0 aliphatic carbocycles. The quantitative estimate of drug-likeness (QED) is 0.664. The number of nitro groups is 1. The van der Waals surface area contributed by atoms with Crippen molar-refractivity contribution in [3.05, 3.63) is 28.3 Å². The molecule has 1 saturated heterocycles. The van der Waals surface area contributed by atoms with Gasteiger partial charge in [0.15, 0.2) is 0 Å². The van der Waals surface area contributed by atoms with Crippen molar-refractivity contribution in [3.63, 3.8) is 0 Å². The highest BCUT2D eigenvalue weighted by atomic mass is 16.6. The molecule has 6 heteroatoms. The number of nitrogens with one attached hydrogen (secondary N) is 1. The Bertz CT molecular complexity index is 464. The van der Waals surface area contributed by atoms with Crippen molar-refractivity contribution in [2.24, 2.45) is 0 Å². The molecule has 1 atom stereocenters. The highest BCUT2D eigenvalue weighted by Gasteiger charge is 2.25. The summed E-state index contributed by atoms with van der Waals surface area (Å²) in [6, 6.07) is 5.26. The van der Waals surface area contributed by atoms with Crippen molar-refractivity contribution < 1.29 is 9.66 Å². The number of nitro benzene ring substituents is 1. The van der Waals surface area contributed by atoms with Crippen LogP contribution in [0.2, 0.25) is 0 Å². The molecule has 1 heterocycles. The number of hydrogen-bond acceptors (Lipinski definition) is 5. The summed E-state index contributed by atoms with van der Waals surface area (Å²) in [4.78, 5) is 12.9. The van der Waals surface area contributed by atoms with Crippen LogP contribution in [-0.2, 0) is 0 Å². The van der Waals surface area contributed by atoms with Gasteiger partial charge in [0.05, 0.1) is 12.0 Å². The Labute approximate surface area is 112 Å². The summed E-state index contributed by atoms with van der Waals surface area (Å²) in [6.07, 6.45) is 2.13. The van der Waals surface area contributed by atoms with Crippen LogP contribution >= 0.6 is 0 Å². The van der Waals surface area contributed by atoms with Gasteiger partial charge in [0.2, 0.25) is 0 Å². The standard InChI is InChI=1S/C13H19N3O3/c1-14-10-4-3-7-15(9-10)13-8-11(19-2)5-6-12(13)16(17)18/h5-6,8,10,14H,3-4,7,9H2,1-2H3. The molecule has 0 radical (unpaired) electrons. The van der Waals surface area contributed by atoms with Gasteiger partial charge in [0.1, 0.15) is 11.4 Å². The fraction of sp³-hybridized carbons (Fsp3) is 0.538. The van der Waals surface area contributed by atoms with E-state index in [1.165, 1.54) is 6.07 Å². The molecular formula is C13H19N3O3. The molecule has 1 N–H and O–H groups in total. The summed E-state index contributed by atoms with van der Waals surface area (Å²) in [5.74, 6) is 0.646. The molecule has 1 fully saturated rings. The minimum atomic E-state index is -0.336. The first-order chi connectivity index (χ1) is 9.15. The molecule has 19 heavy (non-hydrogen) atoms. The second-order valence-corrected chi connectivity index (χ2v) is 4.69. The van der Waals surface area contributed by atoms with Crippen LogP contribution in [-0.4, -0.2) is 38.2 Å². The highest BCUT2D eigenvalue weighted by Crippen LogP contribution is 2.33. The maximum atomic E-state index is 11.1. The van der Waals surface area contributed by atoms with Crippen molar-refractivity contribution >= 4 is 11.4 Å². The van der Waals surface area contributed by atoms with E-state index in [9.17, 15) is 10.1 Å². The number of nitrogens with zero attached hydrogens (tertiary/aromatic N) is 2. The molecule has 1 unspecified atom stereocenters.